The first-order valence-electron chi connectivity index (χ1n) is 23.4. The zero-order chi connectivity index (χ0) is 45.1. The van der Waals surface area contributed by atoms with Crippen LogP contribution in [0.5, 0.6) is 0 Å². The fourth-order valence-electron chi connectivity index (χ4n) is 6.08. The number of carbonyl (C=O) groups is 3. The van der Waals surface area contributed by atoms with E-state index >= 15 is 0 Å². The van der Waals surface area contributed by atoms with Gasteiger partial charge in [0.2, 0.25) is 0 Å². The van der Waals surface area contributed by atoms with Crippen molar-refractivity contribution in [1.29, 1.82) is 0 Å². The molecule has 0 aromatic heterocycles. The number of ether oxygens (including phenoxy) is 2. The Bertz CT molecular complexity index is 1280. The third-order valence-corrected chi connectivity index (χ3v) is 10.8. The van der Waals surface area contributed by atoms with Crippen LogP contribution in [0.15, 0.2) is 60.8 Å². The van der Waals surface area contributed by atoms with Gasteiger partial charge in [0.05, 0.1) is 19.3 Å². The Balaban J connectivity index is 4.46. The molecular formula is C48H84NO11P. The van der Waals surface area contributed by atoms with Crippen LogP contribution in [-0.4, -0.2) is 71.1 Å². The Morgan fingerprint density at radius 3 is 1.70 bits per heavy atom. The monoisotopic (exact) mass is 882 g/mol. The van der Waals surface area contributed by atoms with Crippen LogP contribution in [0.2, 0.25) is 0 Å². The molecule has 0 saturated carbocycles. The van der Waals surface area contributed by atoms with E-state index in [1.165, 1.54) is 103 Å². The highest BCUT2D eigenvalue weighted by Gasteiger charge is 2.28. The van der Waals surface area contributed by atoms with Gasteiger partial charge in [0.25, 0.3) is 0 Å². The van der Waals surface area contributed by atoms with E-state index in [0.29, 0.717) is 32.1 Å². The molecular weight excluding hydrogens is 797 g/mol. The SMILES string of the molecule is CCCCC/C=C\C[C@H](O)/C=C/C=C\C/C=C\CCCC(=O)O[C@H](COC(=O)CCCCCCCCCCC/C=C\CCCCCCCC)COP(=O)(O)OC[C@H](N)C(=O)O. The molecule has 0 rings (SSSR count). The van der Waals surface area contributed by atoms with Gasteiger partial charge in [-0.2, -0.15) is 0 Å². The van der Waals surface area contributed by atoms with Crippen molar-refractivity contribution in [3.63, 3.8) is 0 Å². The summed E-state index contributed by atoms with van der Waals surface area (Å²) in [6, 6.07) is -1.54. The second-order valence-corrected chi connectivity index (χ2v) is 17.2. The summed E-state index contributed by atoms with van der Waals surface area (Å²) >= 11 is 0. The number of aliphatic hydroxyl groups is 1. The van der Waals surface area contributed by atoms with E-state index in [1.807, 2.05) is 36.5 Å². The molecule has 352 valence electrons. The average molecular weight is 882 g/mol. The van der Waals surface area contributed by atoms with Crippen LogP contribution in [-0.2, 0) is 37.5 Å². The summed E-state index contributed by atoms with van der Waals surface area (Å²) in [7, 11) is -4.75. The number of hydrogen-bond donors (Lipinski definition) is 4. The largest absolute Gasteiger partial charge is 0.480 e. The van der Waals surface area contributed by atoms with Gasteiger partial charge >= 0.3 is 25.7 Å². The molecule has 0 aliphatic rings. The van der Waals surface area contributed by atoms with Crippen LogP contribution in [0.4, 0.5) is 0 Å². The number of phosphoric ester groups is 1. The van der Waals surface area contributed by atoms with Gasteiger partial charge in [0, 0.05) is 12.8 Å². The molecule has 1 unspecified atom stereocenters. The van der Waals surface area contributed by atoms with Gasteiger partial charge in [-0.25, -0.2) is 4.57 Å². The zero-order valence-corrected chi connectivity index (χ0v) is 38.7. The normalized spacial score (nSPS) is 14.7. The Labute approximate surface area is 369 Å². The van der Waals surface area contributed by atoms with Crippen LogP contribution >= 0.6 is 7.82 Å². The van der Waals surface area contributed by atoms with Crippen molar-refractivity contribution < 1.29 is 52.6 Å². The van der Waals surface area contributed by atoms with Crippen molar-refractivity contribution >= 4 is 25.7 Å². The van der Waals surface area contributed by atoms with Crippen molar-refractivity contribution in [2.45, 2.75) is 205 Å². The molecule has 0 fully saturated rings. The molecule has 5 N–H and O–H groups in total. The summed E-state index contributed by atoms with van der Waals surface area (Å²) < 4.78 is 32.7. The summed E-state index contributed by atoms with van der Waals surface area (Å²) in [4.78, 5) is 46.0. The van der Waals surface area contributed by atoms with Gasteiger partial charge in [-0.15, -0.1) is 0 Å². The predicted octanol–water partition coefficient (Wildman–Crippen LogP) is 11.7. The maximum atomic E-state index is 12.6. The van der Waals surface area contributed by atoms with E-state index in [2.05, 4.69) is 36.6 Å². The van der Waals surface area contributed by atoms with Gasteiger partial charge in [-0.3, -0.25) is 23.4 Å². The highest BCUT2D eigenvalue weighted by atomic mass is 31.2. The number of unbranched alkanes of at least 4 members (excludes halogenated alkanes) is 19. The van der Waals surface area contributed by atoms with Crippen molar-refractivity contribution in [1.82, 2.24) is 0 Å². The van der Waals surface area contributed by atoms with E-state index in [0.717, 1.165) is 25.7 Å². The molecule has 61 heavy (non-hydrogen) atoms. The third kappa shape index (κ3) is 42.2. The van der Waals surface area contributed by atoms with Gasteiger partial charge < -0.3 is 30.3 Å². The van der Waals surface area contributed by atoms with Gasteiger partial charge in [0.1, 0.15) is 12.6 Å². The molecule has 0 saturated heterocycles. The standard InChI is InChI=1S/C48H84NO11P/c1-3-5-7-9-11-12-13-14-15-16-17-18-19-20-21-22-26-30-34-38-46(51)57-40-44(41-58-61(55,56)59-42-45(49)48(53)54)60-47(52)39-35-31-27-24-23-25-29-33-37-43(50)36-32-28-10-8-6-4-2/h14-15,24-25,27-29,32-33,37,43-45,50H,3-13,16-23,26,30-31,34-36,38-42,49H2,1-2H3,(H,53,54)(H,55,56)/b15-14-,27-24-,29-25-,32-28-,37-33+/t43-,44+,45-/m0/s1. The van der Waals surface area contributed by atoms with E-state index in [1.54, 1.807) is 6.08 Å². The van der Waals surface area contributed by atoms with Crippen LogP contribution < -0.4 is 5.73 Å². The molecule has 4 atom stereocenters. The van der Waals surface area contributed by atoms with Crippen molar-refractivity contribution in [3.8, 4) is 0 Å². The molecule has 0 aliphatic carbocycles. The number of esters is 2. The molecule has 0 aromatic carbocycles. The average Bonchev–Trinajstić information content (AvgIpc) is 3.23. The smallest absolute Gasteiger partial charge is 0.472 e. The number of carboxylic acids is 1. The van der Waals surface area contributed by atoms with Crippen LogP contribution in [0.3, 0.4) is 0 Å². The Hall–Kier alpha value is -2.86. The Morgan fingerprint density at radius 2 is 1.08 bits per heavy atom. The number of carbonyl (C=O) groups excluding carboxylic acids is 2. The van der Waals surface area contributed by atoms with E-state index in [-0.39, 0.29) is 19.4 Å². The first-order valence-corrected chi connectivity index (χ1v) is 24.9. The van der Waals surface area contributed by atoms with Crippen LogP contribution in [0.1, 0.15) is 187 Å². The van der Waals surface area contributed by atoms with Crippen molar-refractivity contribution in [3.05, 3.63) is 60.8 Å². The minimum Gasteiger partial charge on any atom is -0.480 e. The van der Waals surface area contributed by atoms with Gasteiger partial charge in [-0.05, 0) is 70.6 Å². The highest BCUT2D eigenvalue weighted by molar-refractivity contribution is 7.47. The van der Waals surface area contributed by atoms with Gasteiger partial charge in [0.15, 0.2) is 6.10 Å². The van der Waals surface area contributed by atoms with E-state index in [9.17, 15) is 28.9 Å². The summed E-state index contributed by atoms with van der Waals surface area (Å²) in [6.45, 7) is 2.64. The number of aliphatic carboxylic acids is 1. The lowest BCUT2D eigenvalue weighted by molar-refractivity contribution is -0.161. The number of aliphatic hydroxyl groups excluding tert-OH is 1. The molecule has 0 aromatic rings. The lowest BCUT2D eigenvalue weighted by atomic mass is 10.1. The van der Waals surface area contributed by atoms with Crippen molar-refractivity contribution in [2.75, 3.05) is 19.8 Å². The second-order valence-electron chi connectivity index (χ2n) is 15.7. The highest BCUT2D eigenvalue weighted by Crippen LogP contribution is 2.43. The maximum Gasteiger partial charge on any atom is 0.472 e. The van der Waals surface area contributed by atoms with Gasteiger partial charge in [-0.1, -0.05) is 164 Å². The zero-order valence-electron chi connectivity index (χ0n) is 37.9. The molecule has 13 heteroatoms. The maximum absolute atomic E-state index is 12.6. The number of carboxylic acid groups (broad SMARTS) is 1. The Morgan fingerprint density at radius 1 is 0.590 bits per heavy atom. The molecule has 0 aliphatic heterocycles. The predicted molar refractivity (Wildman–Crippen MR) is 246 cm³/mol. The lowest BCUT2D eigenvalue weighted by Crippen LogP contribution is -2.34. The minimum atomic E-state index is -4.75. The number of allylic oxidation sites excluding steroid dienone is 8. The molecule has 12 nitrogen and oxygen atoms in total. The second kappa shape index (κ2) is 42.4. The number of phosphoric acid groups is 1. The minimum absolute atomic E-state index is 0.0513. The summed E-state index contributed by atoms with van der Waals surface area (Å²) in [6.07, 6.45) is 46.0. The first-order chi connectivity index (χ1) is 29.5. The number of rotatable bonds is 43. The summed E-state index contributed by atoms with van der Waals surface area (Å²) in [5.41, 5.74) is 5.33. The molecule has 0 bridgehead atoms. The first kappa shape index (κ1) is 58.1. The van der Waals surface area contributed by atoms with Crippen LogP contribution in [0.25, 0.3) is 0 Å². The topological polar surface area (TPSA) is 192 Å². The molecule has 0 radical (unpaired) electrons. The van der Waals surface area contributed by atoms with E-state index < -0.39 is 57.2 Å². The Kier molecular flexibility index (Phi) is 40.5. The third-order valence-electron chi connectivity index (χ3n) is 9.82. The molecule has 0 spiro atoms. The fourth-order valence-corrected chi connectivity index (χ4v) is 6.86. The number of hydrogen-bond acceptors (Lipinski definition) is 10. The number of nitrogens with two attached hydrogens (primary N) is 1. The molecule has 0 amide bonds. The quantitative estimate of drug-likeness (QED) is 0.0149. The summed E-state index contributed by atoms with van der Waals surface area (Å²) in [5, 5.41) is 18.9. The van der Waals surface area contributed by atoms with Crippen molar-refractivity contribution in [2.24, 2.45) is 5.73 Å². The van der Waals surface area contributed by atoms with Crippen LogP contribution in [0, 0.1) is 0 Å². The summed E-state index contributed by atoms with van der Waals surface area (Å²) in [5.74, 6) is -2.50. The van der Waals surface area contributed by atoms with E-state index in [4.69, 9.17) is 24.8 Å². The lowest BCUT2D eigenvalue weighted by Gasteiger charge is -2.20. The fraction of sp³-hybridized carbons (Fsp3) is 0.729. The molecule has 0 heterocycles.